The van der Waals surface area contributed by atoms with E-state index in [0.29, 0.717) is 11.3 Å². The van der Waals surface area contributed by atoms with Crippen LogP contribution in [0, 0.1) is 25.2 Å². The summed E-state index contributed by atoms with van der Waals surface area (Å²) >= 11 is 0. The van der Waals surface area contributed by atoms with Gasteiger partial charge in [-0.05, 0) is 26.0 Å². The van der Waals surface area contributed by atoms with E-state index in [4.69, 9.17) is 11.0 Å². The molecule has 0 radical (unpaired) electrons. The number of hydrogen-bond acceptors (Lipinski definition) is 3. The van der Waals surface area contributed by atoms with Crippen LogP contribution in [0.1, 0.15) is 17.0 Å². The molecule has 0 fully saturated rings. The Morgan fingerprint density at radius 2 is 2.12 bits per heavy atom. The maximum atomic E-state index is 8.91. The van der Waals surface area contributed by atoms with Gasteiger partial charge >= 0.3 is 0 Å². The first-order valence-electron chi connectivity index (χ1n) is 4.94. The van der Waals surface area contributed by atoms with E-state index < -0.39 is 0 Å². The Kier molecular flexibility index (Phi) is 2.37. The van der Waals surface area contributed by atoms with Crippen LogP contribution in [0.2, 0.25) is 0 Å². The van der Waals surface area contributed by atoms with Crippen molar-refractivity contribution in [3.8, 4) is 11.8 Å². The molecule has 0 aliphatic carbocycles. The number of hydrogen-bond donors (Lipinski definition) is 1. The van der Waals surface area contributed by atoms with Gasteiger partial charge in [0.1, 0.15) is 6.07 Å². The molecule has 1 aromatic carbocycles. The van der Waals surface area contributed by atoms with Crippen LogP contribution >= 0.6 is 0 Å². The normalized spacial score (nSPS) is 10.1. The molecule has 0 saturated heterocycles. The highest BCUT2D eigenvalue weighted by Crippen LogP contribution is 2.23. The molecular weight excluding hydrogens is 200 g/mol. The number of nitrogen functional groups attached to an aromatic ring is 1. The Labute approximate surface area is 94.0 Å². The molecule has 1 aromatic heterocycles. The molecule has 80 valence electrons. The third kappa shape index (κ3) is 1.43. The highest BCUT2D eigenvalue weighted by atomic mass is 15.1. The summed E-state index contributed by atoms with van der Waals surface area (Å²) in [6, 6.07) is 7.48. The molecule has 0 saturated carbocycles. The zero-order valence-electron chi connectivity index (χ0n) is 9.23. The van der Waals surface area contributed by atoms with Crippen molar-refractivity contribution in [3.05, 3.63) is 41.5 Å². The lowest BCUT2D eigenvalue weighted by Crippen LogP contribution is -2.02. The molecule has 0 spiro atoms. The third-order valence-electron chi connectivity index (χ3n) is 2.71. The van der Waals surface area contributed by atoms with Crippen LogP contribution in [0.15, 0.2) is 24.5 Å². The lowest BCUT2D eigenvalue weighted by Gasteiger charge is -2.09. The van der Waals surface area contributed by atoms with Crippen molar-refractivity contribution in [1.29, 1.82) is 5.26 Å². The topological polar surface area (TPSA) is 67.6 Å². The highest BCUT2D eigenvalue weighted by molar-refractivity contribution is 5.67. The van der Waals surface area contributed by atoms with Crippen molar-refractivity contribution < 1.29 is 0 Å². The van der Waals surface area contributed by atoms with Gasteiger partial charge in [0.05, 0.1) is 29.0 Å². The van der Waals surface area contributed by atoms with E-state index in [-0.39, 0.29) is 0 Å². The molecule has 1 heterocycles. The van der Waals surface area contributed by atoms with Crippen molar-refractivity contribution >= 4 is 5.69 Å². The summed E-state index contributed by atoms with van der Waals surface area (Å²) in [7, 11) is 0. The molecule has 0 amide bonds. The van der Waals surface area contributed by atoms with Crippen LogP contribution < -0.4 is 5.73 Å². The molecule has 16 heavy (non-hydrogen) atoms. The van der Waals surface area contributed by atoms with Crippen LogP contribution in [0.3, 0.4) is 0 Å². The van der Waals surface area contributed by atoms with Gasteiger partial charge in [-0.2, -0.15) is 5.26 Å². The largest absolute Gasteiger partial charge is 0.396 e. The Balaban J connectivity index is 2.66. The number of nitriles is 1. The van der Waals surface area contributed by atoms with Crippen molar-refractivity contribution in [1.82, 2.24) is 9.55 Å². The van der Waals surface area contributed by atoms with Crippen molar-refractivity contribution in [2.45, 2.75) is 13.8 Å². The number of nitrogens with two attached hydrogens (primary N) is 1. The summed E-state index contributed by atoms with van der Waals surface area (Å²) in [6.45, 7) is 3.91. The molecule has 4 heteroatoms. The number of aromatic nitrogens is 2. The standard InChI is InChI=1S/C12H12N4/c1-8-9(2)16(7-15-8)11-5-3-4-10(6-13)12(11)14/h3-5,7H,14H2,1-2H3. The predicted molar refractivity (Wildman–Crippen MR) is 62.2 cm³/mol. The number of imidazole rings is 1. The average molecular weight is 212 g/mol. The SMILES string of the molecule is Cc1ncn(-c2cccc(C#N)c2N)c1C. The van der Waals surface area contributed by atoms with E-state index in [0.717, 1.165) is 17.1 Å². The quantitative estimate of drug-likeness (QED) is 0.734. The first-order valence-corrected chi connectivity index (χ1v) is 4.94. The molecule has 2 N–H and O–H groups in total. The van der Waals surface area contributed by atoms with Crippen LogP contribution in [0.4, 0.5) is 5.69 Å². The van der Waals surface area contributed by atoms with Gasteiger partial charge in [0, 0.05) is 5.69 Å². The molecule has 0 unspecified atom stereocenters. The summed E-state index contributed by atoms with van der Waals surface area (Å²) in [6.07, 6.45) is 1.72. The van der Waals surface area contributed by atoms with Gasteiger partial charge in [0.25, 0.3) is 0 Å². The number of nitrogens with zero attached hydrogens (tertiary/aromatic N) is 3. The average Bonchev–Trinajstić information content (AvgIpc) is 2.61. The number of para-hydroxylation sites is 1. The predicted octanol–water partition coefficient (Wildman–Crippen LogP) is 1.94. The van der Waals surface area contributed by atoms with Gasteiger partial charge in [-0.15, -0.1) is 0 Å². The van der Waals surface area contributed by atoms with Gasteiger partial charge in [-0.1, -0.05) is 6.07 Å². The highest BCUT2D eigenvalue weighted by Gasteiger charge is 2.09. The lowest BCUT2D eigenvalue weighted by molar-refractivity contribution is 1.00. The molecule has 0 bridgehead atoms. The summed E-state index contributed by atoms with van der Waals surface area (Å²) in [4.78, 5) is 4.21. The molecule has 2 aromatic rings. The zero-order chi connectivity index (χ0) is 11.7. The summed E-state index contributed by atoms with van der Waals surface area (Å²) in [5.41, 5.74) is 9.71. The van der Waals surface area contributed by atoms with Crippen molar-refractivity contribution in [2.75, 3.05) is 5.73 Å². The third-order valence-corrected chi connectivity index (χ3v) is 2.71. The molecule has 0 atom stereocenters. The fourth-order valence-corrected chi connectivity index (χ4v) is 1.60. The van der Waals surface area contributed by atoms with E-state index >= 15 is 0 Å². The van der Waals surface area contributed by atoms with Crippen LogP contribution in [0.5, 0.6) is 0 Å². The van der Waals surface area contributed by atoms with E-state index in [1.165, 1.54) is 0 Å². The summed E-state index contributed by atoms with van der Waals surface area (Å²) in [5, 5.41) is 8.91. The minimum absolute atomic E-state index is 0.489. The number of benzene rings is 1. The Morgan fingerprint density at radius 1 is 1.38 bits per heavy atom. The Bertz CT molecular complexity index is 575. The zero-order valence-corrected chi connectivity index (χ0v) is 9.23. The maximum absolute atomic E-state index is 8.91. The van der Waals surface area contributed by atoms with Gasteiger partial charge in [0.2, 0.25) is 0 Å². The first-order chi connectivity index (χ1) is 7.65. The second-order valence-corrected chi connectivity index (χ2v) is 3.64. The van der Waals surface area contributed by atoms with Gasteiger partial charge in [-0.25, -0.2) is 4.98 Å². The number of anilines is 1. The number of aryl methyl sites for hydroxylation is 1. The van der Waals surface area contributed by atoms with Gasteiger partial charge in [-0.3, -0.25) is 0 Å². The first kappa shape index (κ1) is 10.2. The number of rotatable bonds is 1. The minimum Gasteiger partial charge on any atom is -0.396 e. The summed E-state index contributed by atoms with van der Waals surface area (Å²) in [5.74, 6) is 0. The molecule has 0 aliphatic heterocycles. The molecule has 2 rings (SSSR count). The van der Waals surface area contributed by atoms with Crippen LogP contribution in [-0.2, 0) is 0 Å². The molecule has 0 aliphatic rings. The fraction of sp³-hybridized carbons (Fsp3) is 0.167. The van der Waals surface area contributed by atoms with Crippen molar-refractivity contribution in [2.24, 2.45) is 0 Å². The maximum Gasteiger partial charge on any atom is 0.101 e. The Morgan fingerprint density at radius 3 is 2.69 bits per heavy atom. The molecular formula is C12H12N4. The van der Waals surface area contributed by atoms with Gasteiger partial charge < -0.3 is 10.3 Å². The van der Waals surface area contributed by atoms with Crippen LogP contribution in [0.25, 0.3) is 5.69 Å². The van der Waals surface area contributed by atoms with E-state index in [1.54, 1.807) is 12.4 Å². The van der Waals surface area contributed by atoms with Crippen LogP contribution in [-0.4, -0.2) is 9.55 Å². The fourth-order valence-electron chi connectivity index (χ4n) is 1.60. The second kappa shape index (κ2) is 3.70. The monoisotopic (exact) mass is 212 g/mol. The lowest BCUT2D eigenvalue weighted by atomic mass is 10.1. The van der Waals surface area contributed by atoms with E-state index in [9.17, 15) is 0 Å². The van der Waals surface area contributed by atoms with E-state index in [1.807, 2.05) is 30.5 Å². The van der Waals surface area contributed by atoms with E-state index in [2.05, 4.69) is 11.1 Å². The minimum atomic E-state index is 0.489. The molecule has 4 nitrogen and oxygen atoms in total. The smallest absolute Gasteiger partial charge is 0.101 e. The van der Waals surface area contributed by atoms with Gasteiger partial charge in [0.15, 0.2) is 0 Å². The van der Waals surface area contributed by atoms with Crippen molar-refractivity contribution in [3.63, 3.8) is 0 Å². The second-order valence-electron chi connectivity index (χ2n) is 3.64. The Hall–Kier alpha value is -2.28. The summed E-state index contributed by atoms with van der Waals surface area (Å²) < 4.78 is 1.89.